The third kappa shape index (κ3) is 6.31. The first-order valence-corrected chi connectivity index (χ1v) is 26.2. The molecule has 0 amide bonds. The number of fused-ring (bicyclic) bond motifs is 12. The Hall–Kier alpha value is -8.54. The molecule has 11 aromatic carbocycles. The summed E-state index contributed by atoms with van der Waals surface area (Å²) in [5, 5.41) is 10.8. The van der Waals surface area contributed by atoms with Gasteiger partial charge in [0.2, 0.25) is 0 Å². The van der Waals surface area contributed by atoms with Crippen molar-refractivity contribution >= 4 is 94.5 Å². The van der Waals surface area contributed by atoms with Crippen LogP contribution in [0.5, 0.6) is 0 Å². The Morgan fingerprint density at radius 3 is 1.56 bits per heavy atom. The predicted molar refractivity (Wildman–Crippen MR) is 295 cm³/mol. The Balaban J connectivity index is 0.947. The van der Waals surface area contributed by atoms with Crippen molar-refractivity contribution in [2.75, 3.05) is 4.67 Å². The van der Waals surface area contributed by atoms with Crippen molar-refractivity contribution in [2.45, 2.75) is 0 Å². The molecule has 5 nitrogen and oxygen atoms in total. The molecule has 1 aliphatic heterocycles. The van der Waals surface area contributed by atoms with E-state index in [0.717, 1.165) is 83.1 Å². The van der Waals surface area contributed by atoms with E-state index in [4.69, 9.17) is 31.2 Å². The molecule has 1 atom stereocenters. The van der Waals surface area contributed by atoms with E-state index in [9.17, 15) is 0 Å². The van der Waals surface area contributed by atoms with Crippen molar-refractivity contribution in [1.82, 2.24) is 15.0 Å². The Bertz CT molecular complexity index is 4200. The van der Waals surface area contributed by atoms with Crippen LogP contribution in [0.2, 0.25) is 0 Å². The predicted octanol–water partition coefficient (Wildman–Crippen LogP) is 16.1. The molecule has 1 aliphatic rings. The van der Waals surface area contributed by atoms with E-state index in [1.54, 1.807) is 0 Å². The molecule has 7 heteroatoms. The normalized spacial score (nSPS) is 14.4. The average molecular weight is 931 g/mol. The van der Waals surface area contributed by atoms with Gasteiger partial charge in [-0.3, -0.25) is 0 Å². The zero-order chi connectivity index (χ0) is 46.3. The van der Waals surface area contributed by atoms with E-state index in [2.05, 4.69) is 175 Å². The summed E-state index contributed by atoms with van der Waals surface area (Å²) in [6.07, 6.45) is -3.05. The van der Waals surface area contributed by atoms with Gasteiger partial charge >= 0.3 is 0 Å². The maximum atomic E-state index is 7.20. The Morgan fingerprint density at radius 1 is 0.357 bits per heavy atom. The van der Waals surface area contributed by atoms with Crippen LogP contribution >= 0.6 is 6.19 Å². The second kappa shape index (κ2) is 16.0. The summed E-state index contributed by atoms with van der Waals surface area (Å²) < 4.78 is 8.99. The number of benzene rings is 11. The summed E-state index contributed by atoms with van der Waals surface area (Å²) >= 11 is 7.20. The topological polar surface area (TPSA) is 55.1 Å². The zero-order valence-electron chi connectivity index (χ0n) is 37.6. The first-order chi connectivity index (χ1) is 34.6. The van der Waals surface area contributed by atoms with Crippen LogP contribution in [0.3, 0.4) is 0 Å². The molecule has 1 unspecified atom stereocenters. The molecule has 13 aromatic rings. The lowest BCUT2D eigenvalue weighted by Gasteiger charge is -2.42. The summed E-state index contributed by atoms with van der Waals surface area (Å²) in [7, 11) is 0. The monoisotopic (exact) mass is 930 g/mol. The van der Waals surface area contributed by atoms with Crippen molar-refractivity contribution in [2.24, 2.45) is 0 Å². The van der Waals surface area contributed by atoms with E-state index < -0.39 is 6.19 Å². The summed E-state index contributed by atoms with van der Waals surface area (Å²) in [6.45, 7) is 0. The highest BCUT2D eigenvalue weighted by Crippen LogP contribution is 2.61. The van der Waals surface area contributed by atoms with Gasteiger partial charge in [0, 0.05) is 38.5 Å². The maximum absolute atomic E-state index is 7.20. The van der Waals surface area contributed by atoms with Crippen LogP contribution in [0.4, 0.5) is 11.4 Å². The molecule has 3 heterocycles. The van der Waals surface area contributed by atoms with Crippen molar-refractivity contribution in [3.05, 3.63) is 237 Å². The number of hydrogen-bond donors (Lipinski definition) is 0. The van der Waals surface area contributed by atoms with Gasteiger partial charge in [0.1, 0.15) is 17.4 Å². The fourth-order valence-corrected chi connectivity index (χ4v) is 14.8. The average Bonchev–Trinajstić information content (AvgIpc) is 3.82. The maximum Gasteiger partial charge on any atom is 0.189 e. The van der Waals surface area contributed by atoms with Gasteiger partial charge in [0.05, 0.1) is 5.69 Å². The highest BCUT2D eigenvalue weighted by molar-refractivity contribution is 8.22. The van der Waals surface area contributed by atoms with Crippen molar-refractivity contribution in [1.29, 1.82) is 0 Å². The van der Waals surface area contributed by atoms with Gasteiger partial charge < -0.3 is 9.09 Å². The van der Waals surface area contributed by atoms with E-state index in [1.165, 1.54) is 32.3 Å². The van der Waals surface area contributed by atoms with Crippen LogP contribution in [0, 0.1) is 0 Å². The zero-order valence-corrected chi connectivity index (χ0v) is 39.3. The third-order valence-electron chi connectivity index (χ3n) is 13.9. The standard InChI is InChI=1S/C63H39N4OPS/c70-69(63-65-61(40-17-4-1-5-18-40)64-62(66-63)41-19-6-2-7-20-41)59-30-15-14-27-52(59)54-39-44(32-35-56(54)67(69)45-21-8-3-9-22-45)46-28-16-29-58-60(46)55-38-43(33-36-57(55)68-58)42-31-34-51-49-25-11-10-23-47(49)48-24-12-13-26-50(48)53(51)37-42/h1-39H. The minimum absolute atomic E-state index is 0.583. The van der Waals surface area contributed by atoms with Crippen LogP contribution in [-0.4, -0.2) is 15.0 Å². The second-order valence-electron chi connectivity index (χ2n) is 17.8. The lowest BCUT2D eigenvalue weighted by Crippen LogP contribution is -2.36. The molecule has 0 saturated heterocycles. The minimum Gasteiger partial charge on any atom is -0.456 e. The smallest absolute Gasteiger partial charge is 0.189 e. The van der Waals surface area contributed by atoms with Crippen LogP contribution < -0.4 is 15.5 Å². The number of hydrogen-bond acceptors (Lipinski definition) is 5. The summed E-state index contributed by atoms with van der Waals surface area (Å²) in [4.78, 5) is 15.7. The van der Waals surface area contributed by atoms with Gasteiger partial charge in [0.15, 0.2) is 17.2 Å². The minimum atomic E-state index is -3.05. The first-order valence-electron chi connectivity index (χ1n) is 23.4. The van der Waals surface area contributed by atoms with Gasteiger partial charge in [-0.2, -0.15) is 0 Å². The van der Waals surface area contributed by atoms with Crippen LogP contribution in [-0.2, 0) is 11.8 Å². The van der Waals surface area contributed by atoms with E-state index in [1.807, 2.05) is 66.7 Å². The molecular weight excluding hydrogens is 892 g/mol. The highest BCUT2D eigenvalue weighted by atomic mass is 32.4. The highest BCUT2D eigenvalue weighted by Gasteiger charge is 2.42. The van der Waals surface area contributed by atoms with Gasteiger partial charge in [-0.05, 0) is 109 Å². The number of anilines is 2. The molecule has 0 fully saturated rings. The third-order valence-corrected chi connectivity index (χ3v) is 18.2. The number of nitrogens with zero attached hydrogens (tertiary/aromatic N) is 4. The fourth-order valence-electron chi connectivity index (χ4n) is 10.7. The van der Waals surface area contributed by atoms with Crippen LogP contribution in [0.15, 0.2) is 241 Å². The molecular formula is C63H39N4OPS. The molecule has 0 saturated carbocycles. The molecule has 0 spiro atoms. The lowest BCUT2D eigenvalue weighted by atomic mass is 9.91. The number of aromatic nitrogens is 3. The van der Waals surface area contributed by atoms with Gasteiger partial charge in [-0.25, -0.2) is 15.0 Å². The molecule has 0 bridgehead atoms. The van der Waals surface area contributed by atoms with E-state index in [0.29, 0.717) is 17.2 Å². The Morgan fingerprint density at radius 2 is 0.886 bits per heavy atom. The van der Waals surface area contributed by atoms with Crippen molar-refractivity contribution < 1.29 is 4.42 Å². The second-order valence-corrected chi connectivity index (χ2v) is 21.8. The van der Waals surface area contributed by atoms with Crippen LogP contribution in [0.1, 0.15) is 0 Å². The number of furan rings is 1. The molecule has 2 aromatic heterocycles. The van der Waals surface area contributed by atoms with Gasteiger partial charge in [0.25, 0.3) is 0 Å². The van der Waals surface area contributed by atoms with Gasteiger partial charge in [-0.1, -0.05) is 200 Å². The lowest BCUT2D eigenvalue weighted by molar-refractivity contribution is 0.669. The van der Waals surface area contributed by atoms with Crippen molar-refractivity contribution in [3.63, 3.8) is 0 Å². The largest absolute Gasteiger partial charge is 0.456 e. The van der Waals surface area contributed by atoms with Crippen LogP contribution in [0.25, 0.3) is 110 Å². The summed E-state index contributed by atoms with van der Waals surface area (Å²) in [5.74, 6) is 1.18. The summed E-state index contributed by atoms with van der Waals surface area (Å²) in [6, 6.07) is 83.5. The molecule has 14 rings (SSSR count). The quantitative estimate of drug-likeness (QED) is 0.122. The first kappa shape index (κ1) is 40.5. The molecule has 0 radical (unpaired) electrons. The van der Waals surface area contributed by atoms with Crippen molar-refractivity contribution in [3.8, 4) is 56.2 Å². The Kier molecular flexibility index (Phi) is 9.28. The number of para-hydroxylation sites is 1. The molecule has 0 N–H and O–H groups in total. The Labute approximate surface area is 409 Å². The number of rotatable bonds is 6. The summed E-state index contributed by atoms with van der Waals surface area (Å²) in [5.41, 5.74) is 12.7. The van der Waals surface area contributed by atoms with E-state index >= 15 is 0 Å². The molecule has 328 valence electrons. The molecule has 0 aliphatic carbocycles. The van der Waals surface area contributed by atoms with E-state index in [-0.39, 0.29) is 0 Å². The fraction of sp³-hybridized carbons (Fsp3) is 0. The van der Waals surface area contributed by atoms with Gasteiger partial charge in [-0.15, -0.1) is 0 Å². The molecule has 70 heavy (non-hydrogen) atoms. The SMILES string of the molecule is S=P1(c2nc(-c3ccccc3)nc(-c3ccccc3)n2)c2ccccc2-c2cc(-c3cccc4oc5ccc(-c6ccc7c8ccccc8c8ccccc8c7c6)cc5c34)ccc2N1c1ccccc1.